The second-order valence-corrected chi connectivity index (χ2v) is 3.57. The van der Waals surface area contributed by atoms with Gasteiger partial charge in [-0.25, -0.2) is 5.01 Å². The van der Waals surface area contributed by atoms with Gasteiger partial charge in [-0.2, -0.15) is 18.3 Å². The van der Waals surface area contributed by atoms with Gasteiger partial charge in [0, 0.05) is 7.05 Å². The summed E-state index contributed by atoms with van der Waals surface area (Å²) in [4.78, 5) is 1.83. The molecule has 1 aromatic rings. The van der Waals surface area contributed by atoms with Crippen LogP contribution in [0.4, 0.5) is 18.9 Å². The van der Waals surface area contributed by atoms with Gasteiger partial charge in [0.15, 0.2) is 0 Å². The van der Waals surface area contributed by atoms with Crippen molar-refractivity contribution in [3.8, 4) is 0 Å². The summed E-state index contributed by atoms with van der Waals surface area (Å²) in [6.07, 6.45) is -2.67. The first-order valence-electron chi connectivity index (χ1n) is 4.66. The summed E-state index contributed by atoms with van der Waals surface area (Å²) in [5, 5.41) is 5.66. The molecule has 0 radical (unpaired) electrons. The molecule has 0 unspecified atom stereocenters. The third kappa shape index (κ3) is 2.10. The summed E-state index contributed by atoms with van der Waals surface area (Å²) in [5.74, 6) is 0. The van der Waals surface area contributed by atoms with E-state index in [4.69, 9.17) is 0 Å². The zero-order valence-corrected chi connectivity index (χ0v) is 8.57. The Labute approximate surface area is 90.8 Å². The van der Waals surface area contributed by atoms with Crippen LogP contribution in [-0.2, 0) is 6.18 Å². The Morgan fingerprint density at radius 1 is 1.19 bits per heavy atom. The molecule has 1 aliphatic heterocycles. The maximum atomic E-state index is 12.3. The molecule has 0 aromatic heterocycles. The second kappa shape index (κ2) is 3.70. The lowest BCUT2D eigenvalue weighted by Gasteiger charge is -2.16. The van der Waals surface area contributed by atoms with Crippen LogP contribution in [0.1, 0.15) is 5.56 Å². The largest absolute Gasteiger partial charge is 0.416 e. The van der Waals surface area contributed by atoms with Crippen LogP contribution in [0.5, 0.6) is 0 Å². The first kappa shape index (κ1) is 10.8. The van der Waals surface area contributed by atoms with Gasteiger partial charge in [-0.1, -0.05) is 0 Å². The Morgan fingerprint density at radius 3 is 2.25 bits per heavy atom. The van der Waals surface area contributed by atoms with Crippen LogP contribution in [0.25, 0.3) is 0 Å². The van der Waals surface area contributed by atoms with E-state index in [1.807, 2.05) is 11.9 Å². The van der Waals surface area contributed by atoms with Gasteiger partial charge in [0.1, 0.15) is 13.0 Å². The van der Waals surface area contributed by atoms with Crippen LogP contribution < -0.4 is 5.01 Å². The Balaban J connectivity index is 2.17. The number of hydrogen-bond acceptors (Lipinski definition) is 3. The molecule has 1 aliphatic rings. The molecule has 1 aromatic carbocycles. The number of alkyl halides is 3. The summed E-state index contributed by atoms with van der Waals surface area (Å²) >= 11 is 0. The van der Waals surface area contributed by atoms with Gasteiger partial charge in [0.2, 0.25) is 0 Å². The van der Waals surface area contributed by atoms with Gasteiger partial charge >= 0.3 is 6.18 Å². The third-order valence-electron chi connectivity index (χ3n) is 2.24. The van der Waals surface area contributed by atoms with Gasteiger partial charge in [-0.3, -0.25) is 0 Å². The number of hydrogen-bond donors (Lipinski definition) is 0. The van der Waals surface area contributed by atoms with E-state index in [0.29, 0.717) is 12.4 Å². The van der Waals surface area contributed by atoms with E-state index in [1.165, 1.54) is 12.1 Å². The molecule has 0 amide bonds. The van der Waals surface area contributed by atoms with Crippen LogP contribution in [0.15, 0.2) is 29.4 Å². The van der Waals surface area contributed by atoms with E-state index in [1.54, 1.807) is 11.3 Å². The first-order chi connectivity index (χ1) is 7.47. The van der Waals surface area contributed by atoms with Crippen molar-refractivity contribution in [2.24, 2.45) is 5.10 Å². The van der Waals surface area contributed by atoms with Crippen LogP contribution in [0, 0.1) is 0 Å². The van der Waals surface area contributed by atoms with Gasteiger partial charge in [-0.15, -0.1) is 0 Å². The summed E-state index contributed by atoms with van der Waals surface area (Å²) in [6.45, 7) is 0.547. The van der Waals surface area contributed by atoms with Crippen molar-refractivity contribution in [3.63, 3.8) is 0 Å². The molecule has 0 N–H and O–H groups in total. The van der Waals surface area contributed by atoms with E-state index in [9.17, 15) is 13.2 Å². The predicted octanol–water partition coefficient (Wildman–Crippen LogP) is 2.36. The monoisotopic (exact) mass is 229 g/mol. The number of hydrazone groups is 1. The van der Waals surface area contributed by atoms with Crippen LogP contribution >= 0.6 is 0 Å². The molecule has 0 bridgehead atoms. The van der Waals surface area contributed by atoms with E-state index >= 15 is 0 Å². The molecule has 16 heavy (non-hydrogen) atoms. The highest BCUT2D eigenvalue weighted by molar-refractivity contribution is 5.62. The molecule has 0 atom stereocenters. The average Bonchev–Trinajstić information content (AvgIpc) is 2.64. The molecule has 0 saturated heterocycles. The minimum absolute atomic E-state index is 0.547. The van der Waals surface area contributed by atoms with Crippen LogP contribution in [0.3, 0.4) is 0 Å². The quantitative estimate of drug-likeness (QED) is 0.736. The zero-order valence-electron chi connectivity index (χ0n) is 8.57. The fourth-order valence-electron chi connectivity index (χ4n) is 1.41. The smallest absolute Gasteiger partial charge is 0.345 e. The van der Waals surface area contributed by atoms with Crippen molar-refractivity contribution in [3.05, 3.63) is 29.8 Å². The molecule has 1 heterocycles. The zero-order chi connectivity index (χ0) is 11.8. The van der Waals surface area contributed by atoms with E-state index < -0.39 is 11.7 Å². The topological polar surface area (TPSA) is 18.8 Å². The lowest BCUT2D eigenvalue weighted by molar-refractivity contribution is -0.137. The highest BCUT2D eigenvalue weighted by Gasteiger charge is 2.30. The van der Waals surface area contributed by atoms with Gasteiger partial charge in [0.25, 0.3) is 0 Å². The van der Waals surface area contributed by atoms with Gasteiger partial charge in [0.05, 0.1) is 11.3 Å². The molecular formula is C10H10F3N3. The molecule has 0 saturated carbocycles. The SMILES string of the molecule is CN1C=NN(c2ccc(C(F)(F)F)cc2)C1. The molecule has 86 valence electrons. The first-order valence-corrected chi connectivity index (χ1v) is 4.66. The maximum absolute atomic E-state index is 12.3. The summed E-state index contributed by atoms with van der Waals surface area (Å²) in [6, 6.07) is 4.95. The molecule has 0 aliphatic carbocycles. The summed E-state index contributed by atoms with van der Waals surface area (Å²) in [5.41, 5.74) is 0.00128. The van der Waals surface area contributed by atoms with E-state index in [-0.39, 0.29) is 0 Å². The van der Waals surface area contributed by atoms with E-state index in [2.05, 4.69) is 5.10 Å². The van der Waals surface area contributed by atoms with Crippen molar-refractivity contribution in [2.75, 3.05) is 18.7 Å². The Hall–Kier alpha value is -1.72. The Bertz CT molecular complexity index is 397. The number of benzene rings is 1. The fourth-order valence-corrected chi connectivity index (χ4v) is 1.41. The minimum atomic E-state index is -4.29. The standard InChI is InChI=1S/C10H10F3N3/c1-15-6-14-16(7-15)9-4-2-8(3-5-9)10(11,12)13/h2-6H,7H2,1H3. The molecule has 6 heteroatoms. The second-order valence-electron chi connectivity index (χ2n) is 3.57. The Morgan fingerprint density at radius 2 is 1.81 bits per heavy atom. The van der Waals surface area contributed by atoms with E-state index in [0.717, 1.165) is 12.1 Å². The number of halogens is 3. The number of nitrogens with zero attached hydrogens (tertiary/aromatic N) is 3. The Kier molecular flexibility index (Phi) is 2.49. The number of rotatable bonds is 1. The normalized spacial score (nSPS) is 16.0. The van der Waals surface area contributed by atoms with Gasteiger partial charge < -0.3 is 4.90 Å². The fraction of sp³-hybridized carbons (Fsp3) is 0.300. The highest BCUT2D eigenvalue weighted by atomic mass is 19.4. The summed E-state index contributed by atoms with van der Waals surface area (Å²) in [7, 11) is 1.84. The lowest BCUT2D eigenvalue weighted by Crippen LogP contribution is -2.22. The lowest BCUT2D eigenvalue weighted by atomic mass is 10.2. The predicted molar refractivity (Wildman–Crippen MR) is 55.0 cm³/mol. The van der Waals surface area contributed by atoms with Crippen molar-refractivity contribution >= 4 is 12.0 Å². The highest BCUT2D eigenvalue weighted by Crippen LogP contribution is 2.30. The molecular weight excluding hydrogens is 219 g/mol. The van der Waals surface area contributed by atoms with Gasteiger partial charge in [-0.05, 0) is 24.3 Å². The average molecular weight is 229 g/mol. The number of anilines is 1. The third-order valence-corrected chi connectivity index (χ3v) is 2.24. The van der Waals surface area contributed by atoms with Crippen molar-refractivity contribution in [1.29, 1.82) is 0 Å². The minimum Gasteiger partial charge on any atom is -0.345 e. The molecule has 0 fully saturated rings. The molecule has 3 nitrogen and oxygen atoms in total. The maximum Gasteiger partial charge on any atom is 0.416 e. The van der Waals surface area contributed by atoms with Crippen molar-refractivity contribution in [2.45, 2.75) is 6.18 Å². The molecule has 2 rings (SSSR count). The van der Waals surface area contributed by atoms with Crippen molar-refractivity contribution in [1.82, 2.24) is 4.90 Å². The van der Waals surface area contributed by atoms with Crippen LogP contribution in [0.2, 0.25) is 0 Å². The van der Waals surface area contributed by atoms with Crippen molar-refractivity contribution < 1.29 is 13.2 Å². The van der Waals surface area contributed by atoms with Crippen LogP contribution in [-0.4, -0.2) is 25.0 Å². The summed E-state index contributed by atoms with van der Waals surface area (Å²) < 4.78 is 36.9. The molecule has 0 spiro atoms.